The first-order valence-electron chi connectivity index (χ1n) is 4.30. The molecule has 0 atom stereocenters. The third kappa shape index (κ3) is 7.14. The van der Waals surface area contributed by atoms with E-state index in [-0.39, 0.29) is 34.7 Å². The van der Waals surface area contributed by atoms with E-state index in [0.717, 1.165) is 0 Å². The number of hydrogen-bond acceptors (Lipinski definition) is 2. The predicted octanol–water partition coefficient (Wildman–Crippen LogP) is 4.05. The largest absolute Gasteiger partial charge is 0.508 e. The molecule has 1 heterocycles. The van der Waals surface area contributed by atoms with Crippen LogP contribution in [0.5, 0.6) is 5.75 Å². The normalized spacial score (nSPS) is 8.65. The number of benzene rings is 1. The Bertz CT molecular complexity index is 454. The first-order chi connectivity index (χ1) is 7.59. The van der Waals surface area contributed by atoms with Crippen LogP contribution >= 0.6 is 34.8 Å². The van der Waals surface area contributed by atoms with Crippen LogP contribution in [-0.4, -0.2) is 39.6 Å². The maximum atomic E-state index is 8.63. The molecule has 0 spiro atoms. The molecule has 0 saturated heterocycles. The number of nitrogens with zero attached hydrogens (tertiary/aromatic N) is 1. The van der Waals surface area contributed by atoms with Crippen molar-refractivity contribution in [1.29, 1.82) is 0 Å². The number of phenols is 1. The zero-order valence-corrected chi connectivity index (χ0v) is 13.3. The van der Waals surface area contributed by atoms with E-state index >= 15 is 0 Å². The molecule has 6 heteroatoms. The van der Waals surface area contributed by atoms with Crippen LogP contribution < -0.4 is 0 Å². The van der Waals surface area contributed by atoms with Gasteiger partial charge in [-0.2, -0.15) is 0 Å². The van der Waals surface area contributed by atoms with E-state index in [9.17, 15) is 0 Å². The molecular weight excluding hydrogens is 291 g/mol. The predicted molar refractivity (Wildman–Crippen MR) is 73.1 cm³/mol. The molecule has 0 unspecified atom stereocenters. The number of phenolic OH excluding ortho intramolecular Hbond substituents is 1. The summed E-state index contributed by atoms with van der Waals surface area (Å²) < 4.78 is 0. The van der Waals surface area contributed by atoms with Crippen molar-refractivity contribution < 1.29 is 5.11 Å². The fourth-order valence-corrected chi connectivity index (χ4v) is 1.31. The van der Waals surface area contributed by atoms with Gasteiger partial charge in [-0.15, -0.1) is 0 Å². The fraction of sp³-hybridized carbons (Fsp3) is 0. The quantitative estimate of drug-likeness (QED) is 0.588. The molecule has 0 bridgehead atoms. The molecule has 0 amide bonds. The van der Waals surface area contributed by atoms with Gasteiger partial charge >= 0.3 is 0 Å². The topological polar surface area (TPSA) is 33.1 Å². The number of hydrogen-bond donors (Lipinski definition) is 1. The monoisotopic (exact) mass is 298 g/mol. The Morgan fingerprint density at radius 3 is 1.94 bits per heavy atom. The van der Waals surface area contributed by atoms with Gasteiger partial charge in [0.05, 0.1) is 10.0 Å². The molecule has 0 aliphatic rings. The molecule has 0 fully saturated rings. The first kappa shape index (κ1) is 17.0. The van der Waals surface area contributed by atoms with Crippen LogP contribution in [0.15, 0.2) is 42.6 Å². The maximum absolute atomic E-state index is 8.63. The summed E-state index contributed by atoms with van der Waals surface area (Å²) in [7, 11) is 0. The van der Waals surface area contributed by atoms with Gasteiger partial charge in [-0.1, -0.05) is 53.0 Å². The summed E-state index contributed by atoms with van der Waals surface area (Å²) in [5.41, 5.74) is 0. The van der Waals surface area contributed by atoms with Crippen LogP contribution in [-0.2, 0) is 0 Å². The van der Waals surface area contributed by atoms with Crippen LogP contribution in [0.25, 0.3) is 0 Å². The maximum Gasteiger partial charge on any atom is 0.147 e. The molecule has 2 rings (SSSR count). The van der Waals surface area contributed by atoms with E-state index in [2.05, 4.69) is 4.98 Å². The smallest absolute Gasteiger partial charge is 0.147 e. The summed E-state index contributed by atoms with van der Waals surface area (Å²) in [6.45, 7) is 0. The van der Waals surface area contributed by atoms with Gasteiger partial charge in [-0.05, 0) is 18.2 Å². The second-order valence-corrected chi connectivity index (χ2v) is 3.96. The summed E-state index contributed by atoms with van der Waals surface area (Å²) in [5, 5.41) is 9.78. The van der Waals surface area contributed by atoms with Crippen LogP contribution in [0.3, 0.4) is 0 Å². The zero-order chi connectivity index (χ0) is 12.0. The van der Waals surface area contributed by atoms with Crippen molar-refractivity contribution in [2.45, 2.75) is 0 Å². The van der Waals surface area contributed by atoms with Gasteiger partial charge in [0.15, 0.2) is 0 Å². The van der Waals surface area contributed by atoms with Crippen LogP contribution in [0.2, 0.25) is 15.2 Å². The Hall–Kier alpha value is 0.0400. The summed E-state index contributed by atoms with van der Waals surface area (Å²) >= 11 is 16.5. The molecule has 2 aromatic rings. The molecule has 17 heavy (non-hydrogen) atoms. The van der Waals surface area contributed by atoms with Crippen molar-refractivity contribution in [2.24, 2.45) is 0 Å². The van der Waals surface area contributed by atoms with E-state index in [1.807, 2.05) is 6.07 Å². The van der Waals surface area contributed by atoms with Crippen LogP contribution in [0, 0.1) is 0 Å². The van der Waals surface area contributed by atoms with Crippen molar-refractivity contribution >= 4 is 64.4 Å². The molecular formula is C11H8Cl3NNaO. The van der Waals surface area contributed by atoms with Crippen LogP contribution in [0.1, 0.15) is 0 Å². The average molecular weight is 300 g/mol. The molecule has 0 aliphatic carbocycles. The van der Waals surface area contributed by atoms with E-state index in [0.29, 0.717) is 15.8 Å². The Kier molecular flexibility index (Phi) is 9.06. The van der Waals surface area contributed by atoms with Crippen molar-refractivity contribution in [3.63, 3.8) is 0 Å². The van der Waals surface area contributed by atoms with E-state index in [4.69, 9.17) is 39.9 Å². The van der Waals surface area contributed by atoms with Gasteiger partial charge in [0.25, 0.3) is 0 Å². The summed E-state index contributed by atoms with van der Waals surface area (Å²) in [5.74, 6) is 0.322. The Morgan fingerprint density at radius 1 is 1.00 bits per heavy atom. The second kappa shape index (κ2) is 9.03. The number of halogens is 3. The molecule has 1 aromatic heterocycles. The molecule has 1 aromatic carbocycles. The minimum Gasteiger partial charge on any atom is -0.508 e. The molecule has 0 saturated carbocycles. The number of aromatic hydroxyl groups is 1. The van der Waals surface area contributed by atoms with Crippen molar-refractivity contribution in [1.82, 2.24) is 4.98 Å². The fourth-order valence-electron chi connectivity index (χ4n) is 0.826. The van der Waals surface area contributed by atoms with E-state index in [1.165, 1.54) is 6.20 Å². The third-order valence-corrected chi connectivity index (χ3v) is 2.41. The van der Waals surface area contributed by atoms with Crippen molar-refractivity contribution in [3.8, 4) is 5.75 Å². The van der Waals surface area contributed by atoms with Crippen molar-refractivity contribution in [2.75, 3.05) is 0 Å². The van der Waals surface area contributed by atoms with Gasteiger partial charge in [0, 0.05) is 35.8 Å². The number of aromatic nitrogens is 1. The SMILES string of the molecule is Clc1cnc(Cl)c(Cl)c1.Oc1ccccc1.[Na]. The molecule has 1 N–H and O–H groups in total. The van der Waals surface area contributed by atoms with E-state index in [1.54, 1.807) is 30.3 Å². The Labute approximate surface area is 137 Å². The standard InChI is InChI=1S/C6H6O.C5H2Cl3N.Na/c7-6-4-2-1-3-5-6;6-3-1-4(7)5(8)9-2-3;/h1-5,7H;1-2H;. The summed E-state index contributed by atoms with van der Waals surface area (Å²) in [6.07, 6.45) is 1.44. The third-order valence-electron chi connectivity index (χ3n) is 1.52. The average Bonchev–Trinajstić information content (AvgIpc) is 2.26. The number of para-hydroxylation sites is 1. The number of rotatable bonds is 0. The molecule has 85 valence electrons. The Morgan fingerprint density at radius 2 is 1.59 bits per heavy atom. The summed E-state index contributed by atoms with van der Waals surface area (Å²) in [6, 6.07) is 10.3. The minimum absolute atomic E-state index is 0. The zero-order valence-electron chi connectivity index (χ0n) is 9.07. The van der Waals surface area contributed by atoms with Gasteiger partial charge in [-0.3, -0.25) is 0 Å². The van der Waals surface area contributed by atoms with Crippen LogP contribution in [0.4, 0.5) is 0 Å². The van der Waals surface area contributed by atoms with Gasteiger partial charge < -0.3 is 5.11 Å². The second-order valence-electron chi connectivity index (χ2n) is 2.76. The van der Waals surface area contributed by atoms with Gasteiger partial charge in [0.1, 0.15) is 10.9 Å². The Balaban J connectivity index is 0.000000292. The molecule has 1 radical (unpaired) electrons. The minimum atomic E-state index is 0. The van der Waals surface area contributed by atoms with Gasteiger partial charge in [0.2, 0.25) is 0 Å². The van der Waals surface area contributed by atoms with Gasteiger partial charge in [-0.25, -0.2) is 4.98 Å². The number of pyridine rings is 1. The van der Waals surface area contributed by atoms with E-state index < -0.39 is 0 Å². The van der Waals surface area contributed by atoms with Crippen molar-refractivity contribution in [3.05, 3.63) is 57.8 Å². The first-order valence-corrected chi connectivity index (χ1v) is 5.43. The molecule has 0 aliphatic heterocycles. The molecule has 2 nitrogen and oxygen atoms in total. The summed E-state index contributed by atoms with van der Waals surface area (Å²) in [4.78, 5) is 3.68.